The smallest absolute Gasteiger partial charge is 0.329 e. The van der Waals surface area contributed by atoms with E-state index in [1.54, 1.807) is 55.5 Å². The molecular weight excluding hydrogens is 557 g/mol. The minimum Gasteiger partial charge on any atom is -0.493 e. The third kappa shape index (κ3) is 7.21. The fourth-order valence-corrected chi connectivity index (χ4v) is 3.94. The van der Waals surface area contributed by atoms with Crippen LogP contribution < -0.4 is 20.2 Å². The maximum absolute atomic E-state index is 12.2. The maximum atomic E-state index is 12.2. The summed E-state index contributed by atoms with van der Waals surface area (Å²) >= 11 is 15.5. The van der Waals surface area contributed by atoms with Crippen LogP contribution in [0.2, 0.25) is 10.0 Å². The summed E-state index contributed by atoms with van der Waals surface area (Å²) in [4.78, 5) is 24.4. The van der Waals surface area contributed by atoms with Crippen LogP contribution in [0.3, 0.4) is 0 Å². The van der Waals surface area contributed by atoms with E-state index in [4.69, 9.17) is 32.7 Å². The Kier molecular flexibility index (Phi) is 9.14. The van der Waals surface area contributed by atoms with Gasteiger partial charge in [-0.3, -0.25) is 9.59 Å². The van der Waals surface area contributed by atoms with Crippen LogP contribution in [0.15, 0.2) is 64.2 Å². The molecule has 0 fully saturated rings. The van der Waals surface area contributed by atoms with Crippen LogP contribution in [0.25, 0.3) is 0 Å². The number of nitrogens with zero attached hydrogens (tertiary/aromatic N) is 1. The van der Waals surface area contributed by atoms with Gasteiger partial charge in [-0.25, -0.2) is 5.43 Å². The number of anilines is 1. The predicted molar refractivity (Wildman–Crippen MR) is 142 cm³/mol. The van der Waals surface area contributed by atoms with E-state index in [-0.39, 0.29) is 6.61 Å². The second-order valence-corrected chi connectivity index (χ2v) is 9.20. The summed E-state index contributed by atoms with van der Waals surface area (Å²) in [6, 6.07) is 15.7. The van der Waals surface area contributed by atoms with Crippen molar-refractivity contribution in [1.29, 1.82) is 0 Å². The molecular formula is C25H22BrCl2N3O4. The predicted octanol–water partition coefficient (Wildman–Crippen LogP) is 6.13. The first-order valence-corrected chi connectivity index (χ1v) is 11.9. The lowest BCUT2D eigenvalue weighted by molar-refractivity contribution is -0.136. The number of methoxy groups -OCH3 is 1. The van der Waals surface area contributed by atoms with Crippen molar-refractivity contribution in [3.63, 3.8) is 0 Å². The van der Waals surface area contributed by atoms with Gasteiger partial charge in [-0.1, -0.05) is 45.2 Å². The summed E-state index contributed by atoms with van der Waals surface area (Å²) in [5, 5.41) is 7.65. The van der Waals surface area contributed by atoms with Gasteiger partial charge in [-0.05, 0) is 67.9 Å². The van der Waals surface area contributed by atoms with E-state index in [1.807, 2.05) is 13.0 Å². The van der Waals surface area contributed by atoms with Crippen LogP contribution in [0.5, 0.6) is 11.5 Å². The highest BCUT2D eigenvalue weighted by atomic mass is 79.9. The standard InChI is InChI=1S/C25H22BrCl2N3O4/c1-14-10-18(26)6-8-21(14)29-24(32)25(33)31-30-15(2)16-5-9-22(23(11-16)34-3)35-13-17-4-7-19(27)12-20(17)28/h4-12H,13H2,1-3H3,(H,29,32)(H,31,33)/b30-15+. The zero-order valence-corrected chi connectivity index (χ0v) is 22.2. The number of carbonyl (C=O) groups excluding carboxylic acids is 2. The molecule has 0 aliphatic rings. The van der Waals surface area contributed by atoms with Crippen LogP contribution in [0, 0.1) is 6.92 Å². The Morgan fingerprint density at radius 2 is 1.77 bits per heavy atom. The summed E-state index contributed by atoms with van der Waals surface area (Å²) < 4.78 is 12.2. The number of nitrogens with one attached hydrogen (secondary N) is 2. The van der Waals surface area contributed by atoms with Crippen molar-refractivity contribution in [2.24, 2.45) is 5.10 Å². The highest BCUT2D eigenvalue weighted by Crippen LogP contribution is 2.30. The van der Waals surface area contributed by atoms with E-state index in [0.717, 1.165) is 15.6 Å². The number of benzene rings is 3. The van der Waals surface area contributed by atoms with Crippen molar-refractivity contribution >= 4 is 62.3 Å². The normalized spacial score (nSPS) is 11.1. The highest BCUT2D eigenvalue weighted by molar-refractivity contribution is 9.10. The molecule has 0 aromatic heterocycles. The molecule has 0 heterocycles. The van der Waals surface area contributed by atoms with Gasteiger partial charge in [0.15, 0.2) is 11.5 Å². The molecule has 7 nitrogen and oxygen atoms in total. The molecule has 0 bridgehead atoms. The number of rotatable bonds is 7. The molecule has 0 aliphatic heterocycles. The number of hydrogen-bond donors (Lipinski definition) is 2. The van der Waals surface area contributed by atoms with Crippen molar-refractivity contribution in [2.75, 3.05) is 12.4 Å². The molecule has 10 heteroatoms. The zero-order valence-electron chi connectivity index (χ0n) is 19.1. The van der Waals surface area contributed by atoms with Crippen LogP contribution in [-0.2, 0) is 16.2 Å². The number of aryl methyl sites for hydroxylation is 1. The molecule has 2 amide bonds. The minimum absolute atomic E-state index is 0.224. The van der Waals surface area contributed by atoms with Gasteiger partial charge in [0.25, 0.3) is 0 Å². The third-order valence-corrected chi connectivity index (χ3v) is 6.03. The molecule has 0 saturated heterocycles. The van der Waals surface area contributed by atoms with Gasteiger partial charge < -0.3 is 14.8 Å². The largest absolute Gasteiger partial charge is 0.493 e. The van der Waals surface area contributed by atoms with E-state index in [1.165, 1.54) is 7.11 Å². The lowest BCUT2D eigenvalue weighted by Crippen LogP contribution is -2.33. The van der Waals surface area contributed by atoms with Crippen molar-refractivity contribution in [3.8, 4) is 11.5 Å². The number of amides is 2. The quantitative estimate of drug-likeness (QED) is 0.200. The van der Waals surface area contributed by atoms with Gasteiger partial charge in [0.2, 0.25) is 0 Å². The van der Waals surface area contributed by atoms with Gasteiger partial charge in [-0.2, -0.15) is 5.10 Å². The average molecular weight is 579 g/mol. The van der Waals surface area contributed by atoms with Crippen LogP contribution in [0.1, 0.15) is 23.6 Å². The zero-order chi connectivity index (χ0) is 25.5. The topological polar surface area (TPSA) is 89.0 Å². The Morgan fingerprint density at radius 3 is 2.46 bits per heavy atom. The summed E-state index contributed by atoms with van der Waals surface area (Å²) in [5.74, 6) is -0.743. The average Bonchev–Trinajstić information content (AvgIpc) is 2.83. The summed E-state index contributed by atoms with van der Waals surface area (Å²) in [7, 11) is 1.52. The number of hydrazone groups is 1. The van der Waals surface area contributed by atoms with Crippen LogP contribution >= 0.6 is 39.1 Å². The highest BCUT2D eigenvalue weighted by Gasteiger charge is 2.15. The number of halogens is 3. The molecule has 0 spiro atoms. The molecule has 35 heavy (non-hydrogen) atoms. The van der Waals surface area contributed by atoms with Gasteiger partial charge >= 0.3 is 11.8 Å². The first-order valence-electron chi connectivity index (χ1n) is 10.3. The van der Waals surface area contributed by atoms with Crippen LogP contribution in [0.4, 0.5) is 5.69 Å². The Bertz CT molecular complexity index is 1300. The Balaban J connectivity index is 1.64. The molecule has 2 N–H and O–H groups in total. The van der Waals surface area contributed by atoms with Gasteiger partial charge in [0.1, 0.15) is 6.61 Å². The first kappa shape index (κ1) is 26.5. The molecule has 0 aliphatic carbocycles. The van der Waals surface area contributed by atoms with Crippen molar-refractivity contribution in [2.45, 2.75) is 20.5 Å². The Morgan fingerprint density at radius 1 is 1.00 bits per heavy atom. The fraction of sp³-hybridized carbons (Fsp3) is 0.160. The molecule has 3 rings (SSSR count). The van der Waals surface area contributed by atoms with E-state index in [2.05, 4.69) is 31.8 Å². The second kappa shape index (κ2) is 12.1. The number of ether oxygens (including phenoxy) is 2. The fourth-order valence-electron chi connectivity index (χ4n) is 3.00. The molecule has 3 aromatic rings. The molecule has 3 aromatic carbocycles. The van der Waals surface area contributed by atoms with Crippen molar-refractivity contribution in [3.05, 3.63) is 85.8 Å². The van der Waals surface area contributed by atoms with Gasteiger partial charge in [0, 0.05) is 31.3 Å². The maximum Gasteiger partial charge on any atom is 0.329 e. The van der Waals surface area contributed by atoms with E-state index >= 15 is 0 Å². The van der Waals surface area contributed by atoms with E-state index in [9.17, 15) is 9.59 Å². The third-order valence-electron chi connectivity index (χ3n) is 4.95. The van der Waals surface area contributed by atoms with Gasteiger partial charge in [0.05, 0.1) is 12.8 Å². The Hall–Kier alpha value is -3.07. The lowest BCUT2D eigenvalue weighted by Gasteiger charge is -2.13. The summed E-state index contributed by atoms with van der Waals surface area (Å²) in [6.45, 7) is 3.74. The summed E-state index contributed by atoms with van der Waals surface area (Å²) in [5.41, 5.74) is 5.54. The van der Waals surface area contributed by atoms with Crippen molar-refractivity contribution < 1.29 is 19.1 Å². The molecule has 182 valence electrons. The van der Waals surface area contributed by atoms with E-state index in [0.29, 0.717) is 38.5 Å². The minimum atomic E-state index is -0.890. The monoisotopic (exact) mass is 577 g/mol. The second-order valence-electron chi connectivity index (χ2n) is 7.44. The van der Waals surface area contributed by atoms with Crippen LogP contribution in [-0.4, -0.2) is 24.6 Å². The number of hydrogen-bond acceptors (Lipinski definition) is 5. The lowest BCUT2D eigenvalue weighted by atomic mass is 10.1. The SMILES string of the molecule is COc1cc(/C(C)=N/NC(=O)C(=O)Nc2ccc(Br)cc2C)ccc1OCc1ccc(Cl)cc1Cl. The molecule has 0 unspecified atom stereocenters. The van der Waals surface area contributed by atoms with Gasteiger partial charge in [-0.15, -0.1) is 0 Å². The number of carbonyl (C=O) groups is 2. The molecule has 0 atom stereocenters. The van der Waals surface area contributed by atoms with Crippen molar-refractivity contribution in [1.82, 2.24) is 5.43 Å². The Labute approximate surface area is 221 Å². The molecule has 0 saturated carbocycles. The van der Waals surface area contributed by atoms with E-state index < -0.39 is 11.8 Å². The first-order chi connectivity index (χ1) is 16.7. The molecule has 0 radical (unpaired) electrons. The summed E-state index contributed by atoms with van der Waals surface area (Å²) in [6.07, 6.45) is 0.